The van der Waals surface area contributed by atoms with Gasteiger partial charge in [0.05, 0.1) is 36.6 Å². The Bertz CT molecular complexity index is 1240. The molecule has 194 valence electrons. The van der Waals surface area contributed by atoms with Gasteiger partial charge in [0.25, 0.3) is 11.9 Å². The summed E-state index contributed by atoms with van der Waals surface area (Å²) in [5.41, 5.74) is 4.17. The van der Waals surface area contributed by atoms with Crippen molar-refractivity contribution in [2.24, 2.45) is 9.98 Å². The van der Waals surface area contributed by atoms with Crippen molar-refractivity contribution in [2.75, 3.05) is 44.4 Å². The molecule has 0 aromatic heterocycles. The Morgan fingerprint density at radius 2 is 2.00 bits per heavy atom. The summed E-state index contributed by atoms with van der Waals surface area (Å²) in [5.74, 6) is 0.226. The Balaban J connectivity index is 1.31. The highest BCUT2D eigenvalue weighted by molar-refractivity contribution is 6.46. The van der Waals surface area contributed by atoms with E-state index in [1.807, 2.05) is 31.2 Å². The molecule has 3 aliphatic heterocycles. The molecular formula is C27H30ClN5O4. The number of aliphatic hydroxyl groups is 1. The number of hydrogen-bond donors (Lipinski definition) is 3. The molecule has 2 aromatic rings. The van der Waals surface area contributed by atoms with Gasteiger partial charge >= 0.3 is 0 Å². The summed E-state index contributed by atoms with van der Waals surface area (Å²) in [6.45, 7) is 5.28. The zero-order chi connectivity index (χ0) is 25.8. The molecule has 0 radical (unpaired) electrons. The van der Waals surface area contributed by atoms with Gasteiger partial charge in [-0.15, -0.1) is 0 Å². The summed E-state index contributed by atoms with van der Waals surface area (Å²) in [4.78, 5) is 24.2. The van der Waals surface area contributed by atoms with E-state index in [0.29, 0.717) is 34.5 Å². The summed E-state index contributed by atoms with van der Waals surface area (Å²) in [5, 5.41) is 15.5. The molecule has 9 nitrogen and oxygen atoms in total. The number of dihydropyridines is 1. The first-order valence-electron chi connectivity index (χ1n) is 12.5. The van der Waals surface area contributed by atoms with Gasteiger partial charge < -0.3 is 30.1 Å². The second-order valence-corrected chi connectivity index (χ2v) is 9.32. The number of amidine groups is 1. The number of halogens is 1. The van der Waals surface area contributed by atoms with Crippen LogP contribution in [0.2, 0.25) is 0 Å². The highest BCUT2D eigenvalue weighted by atomic mass is 35.5. The Morgan fingerprint density at radius 3 is 2.73 bits per heavy atom. The summed E-state index contributed by atoms with van der Waals surface area (Å²) in [6.07, 6.45) is 2.19. The molecule has 2 aromatic carbocycles. The molecule has 3 aliphatic rings. The summed E-state index contributed by atoms with van der Waals surface area (Å²) in [6, 6.07) is 13.7. The Morgan fingerprint density at radius 1 is 1.22 bits per heavy atom. The molecule has 0 spiro atoms. The van der Waals surface area contributed by atoms with Crippen molar-refractivity contribution in [1.29, 1.82) is 0 Å². The van der Waals surface area contributed by atoms with Gasteiger partial charge in [0.1, 0.15) is 5.75 Å². The van der Waals surface area contributed by atoms with Crippen molar-refractivity contribution in [3.8, 4) is 5.75 Å². The second-order valence-electron chi connectivity index (χ2n) is 8.91. The maximum Gasteiger partial charge on any atom is 0.293 e. The number of aliphatic imine (C=N–C) groups is 2. The normalized spacial score (nSPS) is 20.8. The van der Waals surface area contributed by atoms with Crippen molar-refractivity contribution in [2.45, 2.75) is 25.6 Å². The zero-order valence-corrected chi connectivity index (χ0v) is 21.4. The highest BCUT2D eigenvalue weighted by Gasteiger charge is 2.33. The maximum absolute atomic E-state index is 12.5. The van der Waals surface area contributed by atoms with Crippen molar-refractivity contribution < 1.29 is 19.4 Å². The Hall–Kier alpha value is -3.40. The van der Waals surface area contributed by atoms with E-state index >= 15 is 0 Å². The fourth-order valence-electron chi connectivity index (χ4n) is 4.56. The van der Waals surface area contributed by atoms with Gasteiger partial charge in [0.15, 0.2) is 6.17 Å². The molecule has 0 bridgehead atoms. The van der Waals surface area contributed by atoms with Crippen LogP contribution in [0.15, 0.2) is 63.6 Å². The van der Waals surface area contributed by atoms with Gasteiger partial charge in [-0.05, 0) is 42.3 Å². The lowest BCUT2D eigenvalue weighted by molar-refractivity contribution is 0.0943. The van der Waals surface area contributed by atoms with Crippen LogP contribution in [0, 0.1) is 0 Å². The zero-order valence-electron chi connectivity index (χ0n) is 20.6. The molecule has 1 saturated heterocycles. The van der Waals surface area contributed by atoms with Crippen LogP contribution in [0.25, 0.3) is 0 Å². The van der Waals surface area contributed by atoms with E-state index in [2.05, 4.69) is 32.7 Å². The number of nitrogens with one attached hydrogen (secondary N) is 2. The van der Waals surface area contributed by atoms with Crippen molar-refractivity contribution in [3.63, 3.8) is 0 Å². The first kappa shape index (κ1) is 25.3. The Kier molecular flexibility index (Phi) is 7.73. The monoisotopic (exact) mass is 523 g/mol. The number of carbonyl (C=O) groups excluding carboxylic acids is 1. The largest absolute Gasteiger partial charge is 0.426 e. The first-order chi connectivity index (χ1) is 18.1. The molecule has 2 unspecified atom stereocenters. The third kappa shape index (κ3) is 5.64. The van der Waals surface area contributed by atoms with Gasteiger partial charge in [-0.3, -0.25) is 9.79 Å². The van der Waals surface area contributed by atoms with Crippen molar-refractivity contribution in [1.82, 2.24) is 10.6 Å². The van der Waals surface area contributed by atoms with E-state index in [-0.39, 0.29) is 25.1 Å². The quantitative estimate of drug-likeness (QED) is 0.514. The van der Waals surface area contributed by atoms with Crippen LogP contribution in [0.3, 0.4) is 0 Å². The van der Waals surface area contributed by atoms with E-state index in [4.69, 9.17) is 31.2 Å². The topological polar surface area (TPSA) is 108 Å². The van der Waals surface area contributed by atoms with E-state index in [9.17, 15) is 4.79 Å². The average Bonchev–Trinajstić information content (AvgIpc) is 3.32. The number of nitrogens with zero attached hydrogens (tertiary/aromatic N) is 3. The molecular weight excluding hydrogens is 494 g/mol. The number of aryl methyl sites for hydroxylation is 1. The number of fused-ring (bicyclic) bond motifs is 1. The molecule has 1 fully saturated rings. The third-order valence-electron chi connectivity index (χ3n) is 6.51. The van der Waals surface area contributed by atoms with Crippen LogP contribution >= 0.6 is 11.6 Å². The predicted molar refractivity (Wildman–Crippen MR) is 144 cm³/mol. The lowest BCUT2D eigenvalue weighted by Crippen LogP contribution is -2.37. The molecule has 5 rings (SSSR count). The van der Waals surface area contributed by atoms with Crippen molar-refractivity contribution in [3.05, 3.63) is 70.3 Å². The third-order valence-corrected chi connectivity index (χ3v) is 6.82. The minimum atomic E-state index is -0.409. The van der Waals surface area contributed by atoms with Crippen LogP contribution in [0.4, 0.5) is 5.69 Å². The maximum atomic E-state index is 12.5. The lowest BCUT2D eigenvalue weighted by atomic mass is 10.0. The fraction of sp³-hybridized carbons (Fsp3) is 0.370. The van der Waals surface area contributed by atoms with Gasteiger partial charge in [0, 0.05) is 36.4 Å². The SMILES string of the molecule is CCc1ccc(OC2=NC3N=C(c4ccc(N5CCOCC5)cc4)C(Cl)=CC3N2)cc1C(=O)NCCO. The van der Waals surface area contributed by atoms with Crippen LogP contribution in [-0.4, -0.2) is 74.4 Å². The Labute approximate surface area is 220 Å². The van der Waals surface area contributed by atoms with E-state index < -0.39 is 6.17 Å². The number of morpholine rings is 1. The standard InChI is InChI=1S/C27H30ClN5O4/c1-2-17-5-8-20(15-21(17)26(35)29-9-12-34)37-27-30-23-16-22(28)24(31-25(23)32-27)18-3-6-19(7-4-18)33-10-13-36-14-11-33/h3-8,15-16,23,25,34H,2,9-14H2,1H3,(H,29,35)(H,30,32). The van der Waals surface area contributed by atoms with Crippen LogP contribution in [0.5, 0.6) is 5.75 Å². The predicted octanol–water partition coefficient (Wildman–Crippen LogP) is 2.47. The number of hydrogen-bond acceptors (Lipinski definition) is 8. The van der Waals surface area contributed by atoms with E-state index in [1.165, 1.54) is 0 Å². The van der Waals surface area contributed by atoms with Gasteiger partial charge in [-0.1, -0.05) is 36.7 Å². The molecule has 0 saturated carbocycles. The minimum absolute atomic E-state index is 0.122. The molecule has 3 N–H and O–H groups in total. The first-order valence-corrected chi connectivity index (χ1v) is 12.9. The molecule has 1 amide bonds. The van der Waals surface area contributed by atoms with Gasteiger partial charge in [-0.25, -0.2) is 4.99 Å². The number of aliphatic hydroxyl groups excluding tert-OH is 1. The van der Waals surface area contributed by atoms with Gasteiger partial charge in [-0.2, -0.15) is 0 Å². The smallest absolute Gasteiger partial charge is 0.293 e. The van der Waals surface area contributed by atoms with Crippen LogP contribution < -0.4 is 20.3 Å². The molecule has 2 atom stereocenters. The molecule has 0 aliphatic carbocycles. The number of amides is 1. The van der Waals surface area contributed by atoms with E-state index in [0.717, 1.165) is 43.1 Å². The molecule has 37 heavy (non-hydrogen) atoms. The summed E-state index contributed by atoms with van der Waals surface area (Å²) >= 11 is 6.62. The number of allylic oxidation sites excluding steroid dienone is 1. The van der Waals surface area contributed by atoms with Crippen LogP contribution in [-0.2, 0) is 11.2 Å². The minimum Gasteiger partial charge on any atom is -0.426 e. The summed E-state index contributed by atoms with van der Waals surface area (Å²) in [7, 11) is 0. The van der Waals surface area contributed by atoms with Crippen molar-refractivity contribution >= 4 is 34.9 Å². The van der Waals surface area contributed by atoms with Crippen LogP contribution in [0.1, 0.15) is 28.4 Å². The second kappa shape index (κ2) is 11.3. The number of ether oxygens (including phenoxy) is 2. The highest BCUT2D eigenvalue weighted by Crippen LogP contribution is 2.27. The van der Waals surface area contributed by atoms with E-state index in [1.54, 1.807) is 12.1 Å². The number of carbonyl (C=O) groups is 1. The molecule has 3 heterocycles. The lowest BCUT2D eigenvalue weighted by Gasteiger charge is -2.29. The fourth-order valence-corrected chi connectivity index (χ4v) is 4.85. The average molecular weight is 524 g/mol. The number of rotatable bonds is 7. The number of benzene rings is 2. The number of anilines is 1. The summed E-state index contributed by atoms with van der Waals surface area (Å²) < 4.78 is 11.4. The molecule has 10 heteroatoms. The van der Waals surface area contributed by atoms with Gasteiger partial charge in [0.2, 0.25) is 0 Å².